The summed E-state index contributed by atoms with van der Waals surface area (Å²) < 4.78 is 32.4. The van der Waals surface area contributed by atoms with Crippen molar-refractivity contribution in [1.82, 2.24) is 0 Å². The zero-order chi connectivity index (χ0) is 14.7. The van der Waals surface area contributed by atoms with Gasteiger partial charge in [-0.15, -0.1) is 0 Å². The molecular formula is C14H19F2N2O2+. The maximum absolute atomic E-state index is 13.4. The van der Waals surface area contributed by atoms with Crippen LogP contribution in [0.25, 0.3) is 0 Å². The molecule has 110 valence electrons. The molecule has 2 unspecified atom stereocenters. The summed E-state index contributed by atoms with van der Waals surface area (Å²) in [5.74, 6) is -1.93. The highest BCUT2D eigenvalue weighted by Gasteiger charge is 2.27. The molecular weight excluding hydrogens is 266 g/mol. The van der Waals surface area contributed by atoms with Crippen LogP contribution < -0.4 is 10.2 Å². The number of benzene rings is 1. The number of quaternary nitrogens is 1. The van der Waals surface area contributed by atoms with Crippen molar-refractivity contribution in [2.24, 2.45) is 0 Å². The van der Waals surface area contributed by atoms with E-state index in [9.17, 15) is 13.6 Å². The van der Waals surface area contributed by atoms with Crippen molar-refractivity contribution in [3.63, 3.8) is 0 Å². The molecule has 0 spiro atoms. The minimum Gasteiger partial charge on any atom is -0.364 e. The van der Waals surface area contributed by atoms with Gasteiger partial charge in [0.05, 0.1) is 0 Å². The second kappa shape index (κ2) is 6.28. The van der Waals surface area contributed by atoms with Gasteiger partial charge in [-0.3, -0.25) is 4.79 Å². The third-order valence-corrected chi connectivity index (χ3v) is 3.25. The third kappa shape index (κ3) is 3.74. The largest absolute Gasteiger partial charge is 0.364 e. The molecule has 0 aliphatic carbocycles. The average molecular weight is 285 g/mol. The van der Waals surface area contributed by atoms with Gasteiger partial charge in [-0.05, 0) is 26.0 Å². The van der Waals surface area contributed by atoms with Gasteiger partial charge in [0.25, 0.3) is 5.91 Å². The lowest BCUT2D eigenvalue weighted by atomic mass is 10.2. The van der Waals surface area contributed by atoms with E-state index in [1.54, 1.807) is 0 Å². The number of ether oxygens (including phenoxy) is 1. The van der Waals surface area contributed by atoms with E-state index in [0.717, 1.165) is 17.0 Å². The second-order valence-corrected chi connectivity index (χ2v) is 5.24. The van der Waals surface area contributed by atoms with Crippen LogP contribution in [0.5, 0.6) is 0 Å². The summed E-state index contributed by atoms with van der Waals surface area (Å²) in [4.78, 5) is 12.9. The van der Waals surface area contributed by atoms with Gasteiger partial charge in [0, 0.05) is 0 Å². The number of carbonyl (C=O) groups is 1. The standard InChI is InChI=1S/C14H18F2N2O2/c1-9-6-18(7-10(2)20-9)8-13(19)17-14-11(15)4-3-5-12(14)16/h3-5,9-10H,6-8H2,1-2H3,(H,17,19)/p+1. The molecule has 1 aromatic rings. The van der Waals surface area contributed by atoms with E-state index < -0.39 is 17.5 Å². The smallest absolute Gasteiger partial charge is 0.279 e. The minimum atomic E-state index is -0.767. The van der Waals surface area contributed by atoms with E-state index in [2.05, 4.69) is 5.32 Å². The number of halogens is 2. The van der Waals surface area contributed by atoms with Gasteiger partial charge in [-0.1, -0.05) is 6.07 Å². The second-order valence-electron chi connectivity index (χ2n) is 5.24. The van der Waals surface area contributed by atoms with Crippen molar-refractivity contribution in [3.8, 4) is 0 Å². The fourth-order valence-corrected chi connectivity index (χ4v) is 2.56. The third-order valence-electron chi connectivity index (χ3n) is 3.25. The van der Waals surface area contributed by atoms with E-state index in [4.69, 9.17) is 4.74 Å². The van der Waals surface area contributed by atoms with Crippen molar-refractivity contribution >= 4 is 11.6 Å². The fourth-order valence-electron chi connectivity index (χ4n) is 2.56. The molecule has 0 aromatic heterocycles. The topological polar surface area (TPSA) is 42.8 Å². The lowest BCUT2D eigenvalue weighted by molar-refractivity contribution is -0.907. The van der Waals surface area contributed by atoms with Crippen molar-refractivity contribution in [2.75, 3.05) is 25.0 Å². The summed E-state index contributed by atoms with van der Waals surface area (Å²) in [6.07, 6.45) is 0.151. The number of hydrogen-bond donors (Lipinski definition) is 2. The minimum absolute atomic E-state index is 0.0757. The Labute approximate surface area is 116 Å². The number of rotatable bonds is 3. The summed E-state index contributed by atoms with van der Waals surface area (Å²) in [5.41, 5.74) is -0.383. The monoisotopic (exact) mass is 285 g/mol. The number of morpholine rings is 1. The van der Waals surface area contributed by atoms with Crippen molar-refractivity contribution in [3.05, 3.63) is 29.8 Å². The lowest BCUT2D eigenvalue weighted by Gasteiger charge is -2.31. The molecule has 1 saturated heterocycles. The Balaban J connectivity index is 1.95. The van der Waals surface area contributed by atoms with E-state index >= 15 is 0 Å². The molecule has 1 aromatic carbocycles. The highest BCUT2D eigenvalue weighted by atomic mass is 19.1. The molecule has 1 fully saturated rings. The number of amides is 1. The van der Waals surface area contributed by atoms with Gasteiger partial charge in [0.2, 0.25) is 0 Å². The van der Waals surface area contributed by atoms with Gasteiger partial charge < -0.3 is 15.0 Å². The molecule has 2 atom stereocenters. The number of anilines is 1. The van der Waals surface area contributed by atoms with E-state index in [0.29, 0.717) is 13.1 Å². The first-order valence-corrected chi connectivity index (χ1v) is 6.68. The predicted molar refractivity (Wildman–Crippen MR) is 70.6 cm³/mol. The summed E-state index contributed by atoms with van der Waals surface area (Å²) in [6, 6.07) is 3.49. The van der Waals surface area contributed by atoms with Crippen molar-refractivity contribution < 1.29 is 23.2 Å². The first kappa shape index (κ1) is 14.9. The number of nitrogens with one attached hydrogen (secondary N) is 2. The molecule has 1 heterocycles. The molecule has 1 aliphatic rings. The van der Waals surface area contributed by atoms with E-state index in [1.165, 1.54) is 6.07 Å². The molecule has 2 N–H and O–H groups in total. The molecule has 0 bridgehead atoms. The van der Waals surface area contributed by atoms with Gasteiger partial charge in [0.15, 0.2) is 6.54 Å². The Hall–Kier alpha value is -1.53. The van der Waals surface area contributed by atoms with Crippen LogP contribution in [0.15, 0.2) is 18.2 Å². The summed E-state index contributed by atoms with van der Waals surface area (Å²) in [6.45, 7) is 5.48. The Morgan fingerprint density at radius 3 is 2.40 bits per heavy atom. The lowest BCUT2D eigenvalue weighted by Crippen LogP contribution is -3.16. The Morgan fingerprint density at radius 2 is 1.85 bits per heavy atom. The SMILES string of the molecule is CC1C[NH+](CC(=O)Nc2c(F)cccc2F)CC(C)O1. The first-order valence-electron chi connectivity index (χ1n) is 6.68. The van der Waals surface area contributed by atoms with Gasteiger partial charge in [-0.25, -0.2) is 8.78 Å². The van der Waals surface area contributed by atoms with Crippen LogP contribution in [0.4, 0.5) is 14.5 Å². The van der Waals surface area contributed by atoms with Crippen LogP contribution in [0.1, 0.15) is 13.8 Å². The van der Waals surface area contributed by atoms with E-state index in [-0.39, 0.29) is 24.4 Å². The zero-order valence-electron chi connectivity index (χ0n) is 11.6. The fraction of sp³-hybridized carbons (Fsp3) is 0.500. The number of hydrogen-bond acceptors (Lipinski definition) is 2. The molecule has 6 heteroatoms. The van der Waals surface area contributed by atoms with Crippen LogP contribution >= 0.6 is 0 Å². The van der Waals surface area contributed by atoms with Gasteiger partial charge >= 0.3 is 0 Å². The molecule has 4 nitrogen and oxygen atoms in total. The van der Waals surface area contributed by atoms with Gasteiger partial charge in [-0.2, -0.15) is 0 Å². The van der Waals surface area contributed by atoms with Crippen LogP contribution in [0.2, 0.25) is 0 Å². The summed E-state index contributed by atoms with van der Waals surface area (Å²) >= 11 is 0. The van der Waals surface area contributed by atoms with Crippen LogP contribution in [0.3, 0.4) is 0 Å². The molecule has 1 amide bonds. The number of para-hydroxylation sites is 1. The van der Waals surface area contributed by atoms with Gasteiger partial charge in [0.1, 0.15) is 42.6 Å². The zero-order valence-corrected chi connectivity index (χ0v) is 11.6. The molecule has 1 aliphatic heterocycles. The quantitative estimate of drug-likeness (QED) is 0.854. The Morgan fingerprint density at radius 1 is 1.30 bits per heavy atom. The first-order chi connectivity index (χ1) is 9.45. The normalized spacial score (nSPS) is 26.3. The maximum atomic E-state index is 13.4. The Kier molecular flexibility index (Phi) is 4.67. The molecule has 2 rings (SSSR count). The highest BCUT2D eigenvalue weighted by Crippen LogP contribution is 2.17. The predicted octanol–water partition coefficient (Wildman–Crippen LogP) is 0.595. The molecule has 20 heavy (non-hydrogen) atoms. The maximum Gasteiger partial charge on any atom is 0.279 e. The van der Waals surface area contributed by atoms with Crippen molar-refractivity contribution in [2.45, 2.75) is 26.1 Å². The average Bonchev–Trinajstić information content (AvgIpc) is 2.32. The van der Waals surface area contributed by atoms with Crippen LogP contribution in [-0.2, 0) is 9.53 Å². The highest BCUT2D eigenvalue weighted by molar-refractivity contribution is 5.91. The van der Waals surface area contributed by atoms with Crippen LogP contribution in [0, 0.1) is 11.6 Å². The summed E-state index contributed by atoms with van der Waals surface area (Å²) in [5, 5.41) is 2.30. The van der Waals surface area contributed by atoms with E-state index in [1.807, 2.05) is 13.8 Å². The van der Waals surface area contributed by atoms with Crippen molar-refractivity contribution in [1.29, 1.82) is 0 Å². The molecule has 0 saturated carbocycles. The molecule has 0 radical (unpaired) electrons. The summed E-state index contributed by atoms with van der Waals surface area (Å²) in [7, 11) is 0. The number of carbonyl (C=O) groups excluding carboxylic acids is 1. The Bertz CT molecular complexity index is 466. The van der Waals surface area contributed by atoms with Crippen LogP contribution in [-0.4, -0.2) is 37.7 Å².